The highest BCUT2D eigenvalue weighted by Crippen LogP contribution is 2.38. The SMILES string of the molecule is N#Cc1c[nH]c(=O)c2c(-c3cnn(C4CCCC4)c3)cn(C3CCCC3)c12. The Morgan fingerprint density at radius 1 is 1.07 bits per heavy atom. The summed E-state index contributed by atoms with van der Waals surface area (Å²) in [7, 11) is 0. The van der Waals surface area contributed by atoms with Gasteiger partial charge in [-0.15, -0.1) is 0 Å². The van der Waals surface area contributed by atoms with Crippen LogP contribution in [0.25, 0.3) is 22.0 Å². The molecule has 0 atom stereocenters. The lowest BCUT2D eigenvalue weighted by Gasteiger charge is -2.13. The predicted molar refractivity (Wildman–Crippen MR) is 104 cm³/mol. The quantitative estimate of drug-likeness (QED) is 0.755. The Morgan fingerprint density at radius 3 is 2.48 bits per heavy atom. The molecule has 0 aromatic carbocycles. The van der Waals surface area contributed by atoms with E-state index in [4.69, 9.17) is 0 Å². The molecule has 0 aliphatic heterocycles. The van der Waals surface area contributed by atoms with Gasteiger partial charge < -0.3 is 9.55 Å². The summed E-state index contributed by atoms with van der Waals surface area (Å²) >= 11 is 0. The van der Waals surface area contributed by atoms with Gasteiger partial charge >= 0.3 is 0 Å². The van der Waals surface area contributed by atoms with Crippen LogP contribution in [0, 0.1) is 11.3 Å². The molecule has 3 aromatic rings. The molecule has 2 fully saturated rings. The normalized spacial score (nSPS) is 18.5. The molecular weight excluding hydrogens is 338 g/mol. The van der Waals surface area contributed by atoms with Crippen LogP contribution in [-0.4, -0.2) is 19.3 Å². The van der Waals surface area contributed by atoms with E-state index in [1.165, 1.54) is 38.5 Å². The number of nitriles is 1. The third-order valence-corrected chi connectivity index (χ3v) is 6.31. The van der Waals surface area contributed by atoms with Crippen molar-refractivity contribution >= 4 is 10.9 Å². The molecule has 2 saturated carbocycles. The monoisotopic (exact) mass is 361 g/mol. The molecule has 0 radical (unpaired) electrons. The highest BCUT2D eigenvalue weighted by Gasteiger charge is 2.25. The number of fused-ring (bicyclic) bond motifs is 1. The molecule has 6 nitrogen and oxygen atoms in total. The van der Waals surface area contributed by atoms with E-state index < -0.39 is 0 Å². The van der Waals surface area contributed by atoms with Gasteiger partial charge in [0, 0.05) is 35.8 Å². The van der Waals surface area contributed by atoms with E-state index in [1.54, 1.807) is 6.20 Å². The van der Waals surface area contributed by atoms with Gasteiger partial charge in [-0.3, -0.25) is 9.48 Å². The van der Waals surface area contributed by atoms with Crippen LogP contribution >= 0.6 is 0 Å². The Hall–Kier alpha value is -2.81. The van der Waals surface area contributed by atoms with E-state index >= 15 is 0 Å². The van der Waals surface area contributed by atoms with Crippen LogP contribution in [0.4, 0.5) is 0 Å². The first kappa shape index (κ1) is 16.4. The summed E-state index contributed by atoms with van der Waals surface area (Å²) in [5.74, 6) is 0. The summed E-state index contributed by atoms with van der Waals surface area (Å²) in [4.78, 5) is 15.5. The molecule has 3 aromatic heterocycles. The minimum Gasteiger partial charge on any atom is -0.342 e. The molecule has 6 heteroatoms. The number of nitrogens with zero attached hydrogens (tertiary/aromatic N) is 4. The van der Waals surface area contributed by atoms with Crippen molar-refractivity contribution in [3.8, 4) is 17.2 Å². The summed E-state index contributed by atoms with van der Waals surface area (Å²) in [6.07, 6.45) is 17.0. The van der Waals surface area contributed by atoms with Gasteiger partial charge in [0.15, 0.2) is 0 Å². The van der Waals surface area contributed by atoms with Gasteiger partial charge in [-0.1, -0.05) is 25.7 Å². The van der Waals surface area contributed by atoms with E-state index in [0.717, 1.165) is 29.5 Å². The van der Waals surface area contributed by atoms with Crippen molar-refractivity contribution in [1.29, 1.82) is 5.26 Å². The van der Waals surface area contributed by atoms with Crippen molar-refractivity contribution in [2.24, 2.45) is 0 Å². The first-order chi connectivity index (χ1) is 13.3. The van der Waals surface area contributed by atoms with Gasteiger partial charge in [-0.2, -0.15) is 10.4 Å². The fraction of sp³-hybridized carbons (Fsp3) is 0.476. The molecule has 0 bridgehead atoms. The fourth-order valence-electron chi connectivity index (χ4n) is 4.93. The second-order valence-corrected chi connectivity index (χ2v) is 7.90. The van der Waals surface area contributed by atoms with E-state index in [-0.39, 0.29) is 5.56 Å². The molecular formula is C21H23N5O. The van der Waals surface area contributed by atoms with Crippen molar-refractivity contribution < 1.29 is 0 Å². The molecule has 5 rings (SSSR count). The first-order valence-electron chi connectivity index (χ1n) is 9.97. The molecule has 1 N–H and O–H groups in total. The standard InChI is InChI=1S/C21H23N5O/c22-9-14-10-23-21(27)19-18(13-25(20(14)19)16-5-1-2-6-16)15-11-24-26(12-15)17-7-3-4-8-17/h10-13,16-17H,1-8H2,(H,23,27). The topological polar surface area (TPSA) is 79.4 Å². The number of nitrogens with one attached hydrogen (secondary N) is 1. The van der Waals surface area contributed by atoms with E-state index in [9.17, 15) is 10.1 Å². The molecule has 2 aliphatic carbocycles. The van der Waals surface area contributed by atoms with Gasteiger partial charge in [-0.25, -0.2) is 0 Å². The average Bonchev–Trinajstić information content (AvgIpc) is 3.47. The number of aromatic amines is 1. The summed E-state index contributed by atoms with van der Waals surface area (Å²) in [5, 5.41) is 14.8. The van der Waals surface area contributed by atoms with Gasteiger partial charge in [0.05, 0.1) is 28.7 Å². The molecule has 0 amide bonds. The summed E-state index contributed by atoms with van der Waals surface area (Å²) in [5.41, 5.74) is 3.02. The van der Waals surface area contributed by atoms with E-state index in [2.05, 4.69) is 37.8 Å². The summed E-state index contributed by atoms with van der Waals surface area (Å²) < 4.78 is 4.24. The predicted octanol–water partition coefficient (Wildman–Crippen LogP) is 4.29. The van der Waals surface area contributed by atoms with E-state index in [1.807, 2.05) is 6.20 Å². The Morgan fingerprint density at radius 2 is 1.78 bits per heavy atom. The smallest absolute Gasteiger partial charge is 0.258 e. The molecule has 2 aliphatic rings. The van der Waals surface area contributed by atoms with Crippen LogP contribution < -0.4 is 5.56 Å². The molecule has 0 unspecified atom stereocenters. The zero-order valence-corrected chi connectivity index (χ0v) is 15.3. The maximum Gasteiger partial charge on any atom is 0.258 e. The van der Waals surface area contributed by atoms with Crippen molar-refractivity contribution in [3.05, 3.63) is 40.7 Å². The first-order valence-corrected chi connectivity index (χ1v) is 9.97. The Balaban J connectivity index is 1.70. The van der Waals surface area contributed by atoms with Crippen LogP contribution in [0.15, 0.2) is 29.6 Å². The van der Waals surface area contributed by atoms with Crippen LogP contribution in [0.1, 0.15) is 69.0 Å². The number of rotatable bonds is 3. The van der Waals surface area contributed by atoms with Gasteiger partial charge in [0.25, 0.3) is 5.56 Å². The van der Waals surface area contributed by atoms with Crippen molar-refractivity contribution in [2.75, 3.05) is 0 Å². The minimum absolute atomic E-state index is 0.135. The third kappa shape index (κ3) is 2.61. The minimum atomic E-state index is -0.135. The second kappa shape index (κ2) is 6.41. The summed E-state index contributed by atoms with van der Waals surface area (Å²) in [6, 6.07) is 3.09. The molecule has 3 heterocycles. The van der Waals surface area contributed by atoms with Gasteiger partial charge in [0.2, 0.25) is 0 Å². The van der Waals surface area contributed by atoms with Gasteiger partial charge in [-0.05, 0) is 25.7 Å². The Kier molecular flexibility index (Phi) is 3.89. The lowest BCUT2D eigenvalue weighted by molar-refractivity contribution is 0.467. The Bertz CT molecular complexity index is 1080. The lowest BCUT2D eigenvalue weighted by Crippen LogP contribution is -2.09. The molecule has 0 saturated heterocycles. The van der Waals surface area contributed by atoms with Crippen LogP contribution in [-0.2, 0) is 0 Å². The van der Waals surface area contributed by atoms with Gasteiger partial charge in [0.1, 0.15) is 6.07 Å². The zero-order valence-electron chi connectivity index (χ0n) is 15.3. The lowest BCUT2D eigenvalue weighted by atomic mass is 10.1. The maximum absolute atomic E-state index is 12.7. The number of hydrogen-bond acceptors (Lipinski definition) is 3. The van der Waals surface area contributed by atoms with Crippen molar-refractivity contribution in [3.63, 3.8) is 0 Å². The number of aromatic nitrogens is 4. The van der Waals surface area contributed by atoms with Crippen molar-refractivity contribution in [1.82, 2.24) is 19.3 Å². The maximum atomic E-state index is 12.7. The fourth-order valence-corrected chi connectivity index (χ4v) is 4.93. The molecule has 27 heavy (non-hydrogen) atoms. The average molecular weight is 361 g/mol. The largest absolute Gasteiger partial charge is 0.342 e. The van der Waals surface area contributed by atoms with Crippen LogP contribution in [0.3, 0.4) is 0 Å². The number of H-pyrrole nitrogens is 1. The highest BCUT2D eigenvalue weighted by molar-refractivity contribution is 5.97. The third-order valence-electron chi connectivity index (χ3n) is 6.31. The number of hydrogen-bond donors (Lipinski definition) is 1. The summed E-state index contributed by atoms with van der Waals surface area (Å²) in [6.45, 7) is 0. The Labute approximate surface area is 157 Å². The van der Waals surface area contributed by atoms with Crippen LogP contribution in [0.2, 0.25) is 0 Å². The molecule has 138 valence electrons. The highest BCUT2D eigenvalue weighted by atomic mass is 16.1. The second-order valence-electron chi connectivity index (χ2n) is 7.90. The van der Waals surface area contributed by atoms with Crippen LogP contribution in [0.5, 0.6) is 0 Å². The molecule has 0 spiro atoms. The zero-order chi connectivity index (χ0) is 18.4. The van der Waals surface area contributed by atoms with E-state index in [0.29, 0.717) is 23.0 Å². The number of pyridine rings is 1. The van der Waals surface area contributed by atoms with Crippen molar-refractivity contribution in [2.45, 2.75) is 63.5 Å².